The Morgan fingerprint density at radius 2 is 2.22 bits per heavy atom. The highest BCUT2D eigenvalue weighted by Gasteiger charge is 2.31. The van der Waals surface area contributed by atoms with Crippen molar-refractivity contribution in [3.8, 4) is 0 Å². The zero-order valence-corrected chi connectivity index (χ0v) is 13.7. The lowest BCUT2D eigenvalue weighted by atomic mass is 10.1. The molecular formula is C15H15BrN4O3. The van der Waals surface area contributed by atoms with Gasteiger partial charge < -0.3 is 21.1 Å². The molecule has 0 bridgehead atoms. The van der Waals surface area contributed by atoms with E-state index in [2.05, 4.69) is 26.2 Å². The van der Waals surface area contributed by atoms with Crippen LogP contribution in [0.4, 0.5) is 16.2 Å². The van der Waals surface area contributed by atoms with Crippen molar-refractivity contribution < 1.29 is 14.7 Å². The van der Waals surface area contributed by atoms with E-state index >= 15 is 0 Å². The first kappa shape index (κ1) is 15.5. The number of carbonyl (C=O) groups is 2. The maximum Gasteiger partial charge on any atom is 0.407 e. The first-order valence-corrected chi connectivity index (χ1v) is 7.87. The number of aromatic nitrogens is 1. The van der Waals surface area contributed by atoms with E-state index in [1.54, 1.807) is 0 Å². The van der Waals surface area contributed by atoms with E-state index in [4.69, 9.17) is 10.8 Å². The molecule has 1 unspecified atom stereocenters. The molecular weight excluding hydrogens is 364 g/mol. The van der Waals surface area contributed by atoms with Gasteiger partial charge in [0.25, 0.3) is 0 Å². The van der Waals surface area contributed by atoms with Crippen molar-refractivity contribution in [1.29, 1.82) is 0 Å². The first-order valence-electron chi connectivity index (χ1n) is 7.08. The summed E-state index contributed by atoms with van der Waals surface area (Å²) in [6.07, 6.45) is 1.02. The molecule has 2 amide bonds. The highest BCUT2D eigenvalue weighted by atomic mass is 79.9. The first-order chi connectivity index (χ1) is 11.0. The van der Waals surface area contributed by atoms with Gasteiger partial charge in [-0.2, -0.15) is 0 Å². The monoisotopic (exact) mass is 378 g/mol. The number of likely N-dealkylation sites (tertiary alicyclic amines) is 1. The van der Waals surface area contributed by atoms with Crippen molar-refractivity contribution in [2.45, 2.75) is 6.42 Å². The molecule has 7 nitrogen and oxygen atoms in total. The van der Waals surface area contributed by atoms with E-state index in [1.165, 1.54) is 11.1 Å². The fraction of sp³-hybridized carbons (Fsp3) is 0.267. The average molecular weight is 379 g/mol. The molecule has 1 aromatic heterocycles. The van der Waals surface area contributed by atoms with Crippen LogP contribution in [0.1, 0.15) is 6.42 Å². The maximum atomic E-state index is 12.3. The van der Waals surface area contributed by atoms with Crippen molar-refractivity contribution in [2.75, 3.05) is 24.1 Å². The number of halogens is 1. The Kier molecular flexibility index (Phi) is 4.08. The van der Waals surface area contributed by atoms with Crippen LogP contribution in [0.15, 0.2) is 28.9 Å². The molecule has 1 fully saturated rings. The third kappa shape index (κ3) is 3.07. The number of hydrogen-bond acceptors (Lipinski definition) is 4. The van der Waals surface area contributed by atoms with Crippen molar-refractivity contribution in [2.24, 2.45) is 5.92 Å². The average Bonchev–Trinajstić information content (AvgIpc) is 3.00. The lowest BCUT2D eigenvalue weighted by Crippen LogP contribution is -2.30. The van der Waals surface area contributed by atoms with E-state index in [0.717, 1.165) is 15.4 Å². The van der Waals surface area contributed by atoms with Crippen molar-refractivity contribution in [1.82, 2.24) is 9.88 Å². The number of benzene rings is 1. The summed E-state index contributed by atoms with van der Waals surface area (Å²) >= 11 is 3.37. The lowest BCUT2D eigenvalue weighted by Gasteiger charge is -2.14. The zero-order chi connectivity index (χ0) is 16.6. The van der Waals surface area contributed by atoms with Gasteiger partial charge in [-0.25, -0.2) is 4.79 Å². The van der Waals surface area contributed by atoms with Gasteiger partial charge in [0, 0.05) is 22.9 Å². The molecule has 1 aliphatic heterocycles. The molecule has 2 aromatic rings. The van der Waals surface area contributed by atoms with Crippen molar-refractivity contribution >= 4 is 50.2 Å². The molecule has 1 atom stereocenters. The van der Waals surface area contributed by atoms with Gasteiger partial charge in [0.2, 0.25) is 5.91 Å². The van der Waals surface area contributed by atoms with E-state index in [-0.39, 0.29) is 18.4 Å². The molecule has 23 heavy (non-hydrogen) atoms. The fourth-order valence-electron chi connectivity index (χ4n) is 2.67. The number of nitrogens with one attached hydrogen (secondary N) is 1. The van der Waals surface area contributed by atoms with Gasteiger partial charge in [-0.3, -0.25) is 9.78 Å². The van der Waals surface area contributed by atoms with Crippen LogP contribution in [-0.2, 0) is 4.79 Å². The van der Waals surface area contributed by atoms with Crippen LogP contribution in [0.25, 0.3) is 10.9 Å². The molecule has 2 heterocycles. The van der Waals surface area contributed by atoms with Crippen molar-refractivity contribution in [3.05, 3.63) is 28.9 Å². The normalized spacial score (nSPS) is 17.4. The third-order valence-electron chi connectivity index (χ3n) is 3.96. The molecule has 4 N–H and O–H groups in total. The van der Waals surface area contributed by atoms with Crippen LogP contribution in [0.5, 0.6) is 0 Å². The van der Waals surface area contributed by atoms with Gasteiger partial charge in [0.05, 0.1) is 29.0 Å². The summed E-state index contributed by atoms with van der Waals surface area (Å²) in [6.45, 7) is 0.571. The SMILES string of the molecule is Nc1c(NC(=O)C2CCN(C(=O)O)C2)cnc2cc(Br)ccc12. The van der Waals surface area contributed by atoms with Crippen LogP contribution in [0.3, 0.4) is 0 Å². The topological polar surface area (TPSA) is 109 Å². The van der Waals surface area contributed by atoms with Gasteiger partial charge in [-0.15, -0.1) is 0 Å². The number of rotatable bonds is 2. The minimum atomic E-state index is -1.00. The van der Waals surface area contributed by atoms with Gasteiger partial charge >= 0.3 is 6.09 Å². The summed E-state index contributed by atoms with van der Waals surface area (Å²) in [6, 6.07) is 5.53. The number of hydrogen-bond donors (Lipinski definition) is 3. The number of nitrogen functional groups attached to an aromatic ring is 1. The summed E-state index contributed by atoms with van der Waals surface area (Å²) in [5.74, 6) is -0.607. The minimum Gasteiger partial charge on any atom is -0.465 e. The predicted molar refractivity (Wildman–Crippen MR) is 90.2 cm³/mol. The largest absolute Gasteiger partial charge is 0.465 e. The Bertz CT molecular complexity index is 796. The molecule has 1 saturated heterocycles. The lowest BCUT2D eigenvalue weighted by molar-refractivity contribution is -0.119. The van der Waals surface area contributed by atoms with Crippen LogP contribution < -0.4 is 11.1 Å². The number of carboxylic acid groups (broad SMARTS) is 1. The Morgan fingerprint density at radius 1 is 1.43 bits per heavy atom. The van der Waals surface area contributed by atoms with Gasteiger partial charge in [-0.05, 0) is 24.6 Å². The van der Waals surface area contributed by atoms with Crippen LogP contribution in [0, 0.1) is 5.92 Å². The highest BCUT2D eigenvalue weighted by molar-refractivity contribution is 9.10. The van der Waals surface area contributed by atoms with Gasteiger partial charge in [-0.1, -0.05) is 15.9 Å². The number of nitrogens with zero attached hydrogens (tertiary/aromatic N) is 2. The second kappa shape index (κ2) is 6.04. The van der Waals surface area contributed by atoms with E-state index in [0.29, 0.717) is 24.3 Å². The van der Waals surface area contributed by atoms with Gasteiger partial charge in [0.1, 0.15) is 0 Å². The Balaban J connectivity index is 1.79. The van der Waals surface area contributed by atoms with Crippen LogP contribution in [-0.4, -0.2) is 40.1 Å². The summed E-state index contributed by atoms with van der Waals surface area (Å²) in [5, 5.41) is 12.5. The van der Waals surface area contributed by atoms with Gasteiger partial charge in [0.15, 0.2) is 0 Å². The second-order valence-electron chi connectivity index (χ2n) is 5.45. The van der Waals surface area contributed by atoms with Crippen LogP contribution >= 0.6 is 15.9 Å². The third-order valence-corrected chi connectivity index (χ3v) is 4.45. The molecule has 3 rings (SSSR count). The second-order valence-corrected chi connectivity index (χ2v) is 6.37. The number of fused-ring (bicyclic) bond motifs is 1. The zero-order valence-electron chi connectivity index (χ0n) is 12.1. The minimum absolute atomic E-state index is 0.203. The van der Waals surface area contributed by atoms with E-state index in [1.807, 2.05) is 18.2 Å². The molecule has 120 valence electrons. The number of anilines is 2. The molecule has 0 spiro atoms. The number of amides is 2. The summed E-state index contributed by atoms with van der Waals surface area (Å²) < 4.78 is 0.897. The standard InChI is InChI=1S/C15H15BrN4O3/c16-9-1-2-10-11(5-9)18-6-12(13(10)17)19-14(21)8-3-4-20(7-8)15(22)23/h1-2,5-6,8H,3-4,7H2,(H2,17,18)(H,19,21)(H,22,23). The number of nitrogens with two attached hydrogens (primary N) is 1. The number of carbonyl (C=O) groups excluding carboxylic acids is 1. The number of pyridine rings is 1. The quantitative estimate of drug-likeness (QED) is 0.743. The van der Waals surface area contributed by atoms with Crippen molar-refractivity contribution in [3.63, 3.8) is 0 Å². The molecule has 0 radical (unpaired) electrons. The van der Waals surface area contributed by atoms with E-state index < -0.39 is 6.09 Å². The Labute approximate surface area is 140 Å². The van der Waals surface area contributed by atoms with E-state index in [9.17, 15) is 9.59 Å². The Morgan fingerprint density at radius 3 is 2.91 bits per heavy atom. The maximum absolute atomic E-state index is 12.3. The fourth-order valence-corrected chi connectivity index (χ4v) is 3.02. The molecule has 1 aromatic carbocycles. The Hall–Kier alpha value is -2.35. The molecule has 0 saturated carbocycles. The summed E-state index contributed by atoms with van der Waals surface area (Å²) in [7, 11) is 0. The predicted octanol–water partition coefficient (Wildman–Crippen LogP) is 2.52. The smallest absolute Gasteiger partial charge is 0.407 e. The molecule has 8 heteroatoms. The van der Waals surface area contributed by atoms with Crippen LogP contribution in [0.2, 0.25) is 0 Å². The molecule has 1 aliphatic rings. The summed E-state index contributed by atoms with van der Waals surface area (Å²) in [4.78, 5) is 28.8. The highest BCUT2D eigenvalue weighted by Crippen LogP contribution is 2.29. The summed E-state index contributed by atoms with van der Waals surface area (Å²) in [5.41, 5.74) is 7.74. The molecule has 0 aliphatic carbocycles.